The van der Waals surface area contributed by atoms with E-state index in [2.05, 4.69) is 74.6 Å². The minimum atomic E-state index is 0.516. The van der Waals surface area contributed by atoms with Crippen LogP contribution >= 0.6 is 11.8 Å². The summed E-state index contributed by atoms with van der Waals surface area (Å²) in [7, 11) is 0. The van der Waals surface area contributed by atoms with Crippen molar-refractivity contribution in [1.82, 2.24) is 5.32 Å². The van der Waals surface area contributed by atoms with Gasteiger partial charge in [-0.2, -0.15) is 0 Å². The quantitative estimate of drug-likeness (QED) is 0.749. The van der Waals surface area contributed by atoms with Crippen LogP contribution in [0.5, 0.6) is 0 Å². The van der Waals surface area contributed by atoms with Crippen molar-refractivity contribution >= 4 is 11.8 Å². The van der Waals surface area contributed by atoms with Crippen molar-refractivity contribution in [2.75, 3.05) is 12.3 Å². The number of thioether (sulfide) groups is 1. The lowest BCUT2D eigenvalue weighted by Crippen LogP contribution is -2.33. The molecule has 0 saturated carbocycles. The van der Waals surface area contributed by atoms with Gasteiger partial charge >= 0.3 is 0 Å². The van der Waals surface area contributed by atoms with Gasteiger partial charge < -0.3 is 5.32 Å². The van der Waals surface area contributed by atoms with E-state index in [4.69, 9.17) is 0 Å². The third kappa shape index (κ3) is 5.56. The Hall–Kier alpha value is -1.25. The van der Waals surface area contributed by atoms with Crippen LogP contribution in [-0.4, -0.2) is 18.3 Å². The molecule has 0 amide bonds. The standard InChI is InChI=1S/C19H25NS/c1-4-20-18(13-17-9-5-7-15(2)11-17)14-21-19-10-6-8-16(3)12-19/h5-12,18,20H,4,13-14H2,1-3H3. The molecule has 2 aromatic rings. The molecule has 0 saturated heterocycles. The first-order valence-corrected chi connectivity index (χ1v) is 8.64. The Morgan fingerprint density at radius 1 is 1.00 bits per heavy atom. The second kappa shape index (κ2) is 8.26. The van der Waals surface area contributed by atoms with Gasteiger partial charge in [-0.25, -0.2) is 0 Å². The van der Waals surface area contributed by atoms with Gasteiger partial charge in [-0.1, -0.05) is 54.4 Å². The third-order valence-electron chi connectivity index (χ3n) is 3.50. The summed E-state index contributed by atoms with van der Waals surface area (Å²) < 4.78 is 0. The topological polar surface area (TPSA) is 12.0 Å². The number of rotatable bonds is 7. The minimum Gasteiger partial charge on any atom is -0.313 e. The Balaban J connectivity index is 1.95. The molecule has 112 valence electrons. The van der Waals surface area contributed by atoms with Crippen molar-refractivity contribution in [3.63, 3.8) is 0 Å². The monoisotopic (exact) mass is 299 g/mol. The molecular formula is C19H25NS. The Morgan fingerprint density at radius 3 is 2.38 bits per heavy atom. The third-order valence-corrected chi connectivity index (χ3v) is 4.65. The van der Waals surface area contributed by atoms with E-state index in [0.29, 0.717) is 6.04 Å². The molecule has 1 unspecified atom stereocenters. The molecule has 1 nitrogen and oxygen atoms in total. The zero-order chi connectivity index (χ0) is 15.1. The molecule has 0 aromatic heterocycles. The molecule has 0 aliphatic carbocycles. The van der Waals surface area contributed by atoms with E-state index in [1.54, 1.807) is 0 Å². The molecule has 0 aliphatic heterocycles. The Morgan fingerprint density at radius 2 is 1.71 bits per heavy atom. The van der Waals surface area contributed by atoms with E-state index in [1.807, 2.05) is 11.8 Å². The van der Waals surface area contributed by atoms with Gasteiger partial charge in [0.1, 0.15) is 0 Å². The lowest BCUT2D eigenvalue weighted by Gasteiger charge is -2.18. The van der Waals surface area contributed by atoms with E-state index in [9.17, 15) is 0 Å². The van der Waals surface area contributed by atoms with Crippen molar-refractivity contribution in [3.05, 3.63) is 65.2 Å². The van der Waals surface area contributed by atoms with Crippen LogP contribution < -0.4 is 5.32 Å². The van der Waals surface area contributed by atoms with E-state index in [1.165, 1.54) is 21.6 Å². The van der Waals surface area contributed by atoms with E-state index in [0.717, 1.165) is 18.7 Å². The lowest BCUT2D eigenvalue weighted by atomic mass is 10.0. The van der Waals surface area contributed by atoms with Gasteiger partial charge in [-0.05, 0) is 44.5 Å². The summed E-state index contributed by atoms with van der Waals surface area (Å²) in [5.74, 6) is 1.10. The summed E-state index contributed by atoms with van der Waals surface area (Å²) >= 11 is 1.94. The number of nitrogens with one attached hydrogen (secondary N) is 1. The SMILES string of the molecule is CCNC(CSc1cccc(C)c1)Cc1cccc(C)c1. The van der Waals surface area contributed by atoms with E-state index in [-0.39, 0.29) is 0 Å². The molecule has 0 spiro atoms. The average molecular weight is 299 g/mol. The van der Waals surface area contributed by atoms with Crippen molar-refractivity contribution in [3.8, 4) is 0 Å². The fourth-order valence-electron chi connectivity index (χ4n) is 2.50. The Bertz CT molecular complexity index is 565. The van der Waals surface area contributed by atoms with Crippen molar-refractivity contribution in [2.45, 2.75) is 38.1 Å². The highest BCUT2D eigenvalue weighted by molar-refractivity contribution is 7.99. The molecule has 21 heavy (non-hydrogen) atoms. The summed E-state index contributed by atoms with van der Waals surface area (Å²) in [6, 6.07) is 18.1. The molecule has 2 heteroatoms. The van der Waals surface area contributed by atoms with Crippen molar-refractivity contribution in [1.29, 1.82) is 0 Å². The molecular weight excluding hydrogens is 274 g/mol. The molecule has 2 rings (SSSR count). The number of likely N-dealkylation sites (N-methyl/N-ethyl adjacent to an activating group) is 1. The number of aryl methyl sites for hydroxylation is 2. The Labute approximate surface area is 133 Å². The van der Waals surface area contributed by atoms with Crippen LogP contribution in [-0.2, 0) is 6.42 Å². The summed E-state index contributed by atoms with van der Waals surface area (Å²) in [5, 5.41) is 3.61. The van der Waals surface area contributed by atoms with Crippen LogP contribution in [0.4, 0.5) is 0 Å². The van der Waals surface area contributed by atoms with Gasteiger partial charge in [0, 0.05) is 16.7 Å². The molecule has 0 fully saturated rings. The predicted octanol–water partition coefficient (Wildman–Crippen LogP) is 4.62. The first kappa shape index (κ1) is 16.1. The van der Waals surface area contributed by atoms with Gasteiger partial charge in [0.25, 0.3) is 0 Å². The number of hydrogen-bond donors (Lipinski definition) is 1. The maximum atomic E-state index is 3.61. The number of hydrogen-bond acceptors (Lipinski definition) is 2. The molecule has 2 aromatic carbocycles. The molecule has 1 N–H and O–H groups in total. The summed E-state index contributed by atoms with van der Waals surface area (Å²) in [4.78, 5) is 1.36. The van der Waals surface area contributed by atoms with Crippen molar-refractivity contribution in [2.24, 2.45) is 0 Å². The molecule has 1 atom stereocenters. The maximum Gasteiger partial charge on any atom is 0.0201 e. The van der Waals surface area contributed by atoms with Crippen LogP contribution in [0.3, 0.4) is 0 Å². The highest BCUT2D eigenvalue weighted by Gasteiger charge is 2.09. The van der Waals surface area contributed by atoms with E-state index >= 15 is 0 Å². The maximum absolute atomic E-state index is 3.61. The first-order valence-electron chi connectivity index (χ1n) is 7.65. The van der Waals surface area contributed by atoms with E-state index < -0.39 is 0 Å². The van der Waals surface area contributed by atoms with Crippen LogP contribution in [0.2, 0.25) is 0 Å². The fraction of sp³-hybridized carbons (Fsp3) is 0.368. The van der Waals surface area contributed by atoms with Gasteiger partial charge in [0.2, 0.25) is 0 Å². The van der Waals surface area contributed by atoms with Gasteiger partial charge in [-0.3, -0.25) is 0 Å². The Kier molecular flexibility index (Phi) is 6.34. The summed E-state index contributed by atoms with van der Waals surface area (Å²) in [5.41, 5.74) is 4.10. The van der Waals surface area contributed by atoms with Crippen LogP contribution in [0.1, 0.15) is 23.6 Å². The molecule has 0 heterocycles. The zero-order valence-corrected chi connectivity index (χ0v) is 14.0. The highest BCUT2D eigenvalue weighted by atomic mass is 32.2. The van der Waals surface area contributed by atoms with Crippen LogP contribution in [0.15, 0.2) is 53.4 Å². The molecule has 0 radical (unpaired) electrons. The largest absolute Gasteiger partial charge is 0.313 e. The summed E-state index contributed by atoms with van der Waals surface area (Å²) in [6.07, 6.45) is 1.09. The van der Waals surface area contributed by atoms with Gasteiger partial charge in [0.05, 0.1) is 0 Å². The normalized spacial score (nSPS) is 12.3. The predicted molar refractivity (Wildman–Crippen MR) is 94.3 cm³/mol. The molecule has 0 bridgehead atoms. The summed E-state index contributed by atoms with van der Waals surface area (Å²) in [6.45, 7) is 7.51. The molecule has 0 aliphatic rings. The minimum absolute atomic E-state index is 0.516. The zero-order valence-electron chi connectivity index (χ0n) is 13.2. The van der Waals surface area contributed by atoms with Crippen molar-refractivity contribution < 1.29 is 0 Å². The van der Waals surface area contributed by atoms with Crippen LogP contribution in [0, 0.1) is 13.8 Å². The van der Waals surface area contributed by atoms with Crippen LogP contribution in [0.25, 0.3) is 0 Å². The first-order chi connectivity index (χ1) is 10.2. The average Bonchev–Trinajstić information content (AvgIpc) is 2.45. The van der Waals surface area contributed by atoms with Gasteiger partial charge in [-0.15, -0.1) is 11.8 Å². The smallest absolute Gasteiger partial charge is 0.0201 e. The second-order valence-corrected chi connectivity index (χ2v) is 6.67. The fourth-order valence-corrected chi connectivity index (χ4v) is 3.58. The second-order valence-electron chi connectivity index (χ2n) is 5.58. The number of benzene rings is 2. The highest BCUT2D eigenvalue weighted by Crippen LogP contribution is 2.21. The van der Waals surface area contributed by atoms with Gasteiger partial charge in [0.15, 0.2) is 0 Å². The lowest BCUT2D eigenvalue weighted by molar-refractivity contribution is 0.572.